The van der Waals surface area contributed by atoms with Gasteiger partial charge in [-0.1, -0.05) is 20.8 Å². The van der Waals surface area contributed by atoms with E-state index in [0.717, 1.165) is 32.5 Å². The van der Waals surface area contributed by atoms with Crippen molar-refractivity contribution in [3.63, 3.8) is 0 Å². The molecule has 1 aliphatic heterocycles. The summed E-state index contributed by atoms with van der Waals surface area (Å²) < 4.78 is 0. The zero-order chi connectivity index (χ0) is 12.9. The monoisotopic (exact) mass is 236 g/mol. The van der Waals surface area contributed by atoms with Crippen LogP contribution in [0.3, 0.4) is 0 Å². The van der Waals surface area contributed by atoms with Crippen molar-refractivity contribution in [2.45, 2.75) is 58.5 Å². The maximum absolute atomic E-state index is 5.34. The Morgan fingerprint density at radius 2 is 2.24 bits per heavy atom. The maximum atomic E-state index is 5.34. The Balaban J connectivity index is 2.60. The maximum Gasteiger partial charge on any atom is 0.0278 e. The molecule has 0 aromatic heterocycles. The van der Waals surface area contributed by atoms with Gasteiger partial charge in [0.2, 0.25) is 0 Å². The van der Waals surface area contributed by atoms with E-state index in [0.29, 0.717) is 12.0 Å². The van der Waals surface area contributed by atoms with Crippen LogP contribution in [0.4, 0.5) is 0 Å². The van der Waals surface area contributed by atoms with E-state index in [-0.39, 0.29) is 5.54 Å². The number of hydrogen-bond acceptors (Lipinski definition) is 2. The lowest BCUT2D eigenvalue weighted by molar-refractivity contribution is 0.0598. The second kappa shape index (κ2) is 6.42. The van der Waals surface area contributed by atoms with Crippen LogP contribution in [0.25, 0.3) is 0 Å². The van der Waals surface area contributed by atoms with Crippen molar-refractivity contribution in [2.24, 2.45) is 5.92 Å². The Bertz CT molecular complexity index is 267. The van der Waals surface area contributed by atoms with Gasteiger partial charge < -0.3 is 5.32 Å². The van der Waals surface area contributed by atoms with Gasteiger partial charge in [0.15, 0.2) is 0 Å². The van der Waals surface area contributed by atoms with Crippen LogP contribution in [0.5, 0.6) is 0 Å². The predicted octanol–water partition coefficient (Wildman–Crippen LogP) is 2.50. The summed E-state index contributed by atoms with van der Waals surface area (Å²) in [7, 11) is 0. The second-order valence-corrected chi connectivity index (χ2v) is 5.88. The molecule has 0 aromatic rings. The first-order valence-electron chi connectivity index (χ1n) is 6.95. The lowest BCUT2D eigenvalue weighted by atomic mass is 9.90. The minimum absolute atomic E-state index is 0.279. The Hall–Kier alpha value is -0.520. The minimum atomic E-state index is 0.279. The number of rotatable bonds is 5. The van der Waals surface area contributed by atoms with Crippen LogP contribution in [-0.2, 0) is 0 Å². The lowest BCUT2D eigenvalue weighted by Gasteiger charge is -2.47. The van der Waals surface area contributed by atoms with Gasteiger partial charge in [-0.3, -0.25) is 4.90 Å². The lowest BCUT2D eigenvalue weighted by Crippen LogP contribution is -2.63. The van der Waals surface area contributed by atoms with Crippen LogP contribution >= 0.6 is 0 Å². The molecule has 0 saturated carbocycles. The van der Waals surface area contributed by atoms with E-state index in [9.17, 15) is 0 Å². The van der Waals surface area contributed by atoms with Crippen LogP contribution in [0, 0.1) is 18.3 Å². The summed E-state index contributed by atoms with van der Waals surface area (Å²) in [5, 5.41) is 3.71. The summed E-state index contributed by atoms with van der Waals surface area (Å²) in [6, 6.07) is 0.660. The Kier molecular flexibility index (Phi) is 5.49. The highest BCUT2D eigenvalue weighted by atomic mass is 15.3. The molecule has 2 heteroatoms. The van der Waals surface area contributed by atoms with Crippen LogP contribution < -0.4 is 5.32 Å². The molecule has 0 amide bonds. The van der Waals surface area contributed by atoms with Gasteiger partial charge in [-0.25, -0.2) is 0 Å². The van der Waals surface area contributed by atoms with Gasteiger partial charge in [0.1, 0.15) is 0 Å². The van der Waals surface area contributed by atoms with E-state index in [1.807, 2.05) is 0 Å². The van der Waals surface area contributed by atoms with Crippen LogP contribution in [-0.4, -0.2) is 36.1 Å². The molecule has 0 radical (unpaired) electrons. The summed E-state index contributed by atoms with van der Waals surface area (Å²) in [5.74, 6) is 3.45. The average Bonchev–Trinajstić information content (AvgIpc) is 2.29. The molecule has 17 heavy (non-hydrogen) atoms. The topological polar surface area (TPSA) is 15.3 Å². The van der Waals surface area contributed by atoms with Crippen LogP contribution in [0.1, 0.15) is 47.0 Å². The van der Waals surface area contributed by atoms with Crippen molar-refractivity contribution in [3.8, 4) is 12.3 Å². The smallest absolute Gasteiger partial charge is 0.0278 e. The molecule has 1 N–H and O–H groups in total. The van der Waals surface area contributed by atoms with E-state index >= 15 is 0 Å². The van der Waals surface area contributed by atoms with Gasteiger partial charge in [-0.15, -0.1) is 12.3 Å². The van der Waals surface area contributed by atoms with Gasteiger partial charge in [0.05, 0.1) is 0 Å². The number of nitrogens with zero attached hydrogens (tertiary/aromatic N) is 1. The summed E-state index contributed by atoms with van der Waals surface area (Å²) in [5.41, 5.74) is 0.279. The highest BCUT2D eigenvalue weighted by Gasteiger charge is 2.35. The van der Waals surface area contributed by atoms with E-state index in [1.54, 1.807) is 0 Å². The molecule has 0 bridgehead atoms. The third-order valence-corrected chi connectivity index (χ3v) is 4.08. The molecule has 98 valence electrons. The zero-order valence-electron chi connectivity index (χ0n) is 11.9. The standard InChI is InChI=1S/C15H28N2/c1-6-8-9-10-17-12-15(5,7-2)16-11-14(17)13(3)4/h1,13-14,16H,7-12H2,2-5H3. The van der Waals surface area contributed by atoms with Crippen molar-refractivity contribution in [1.29, 1.82) is 0 Å². The zero-order valence-corrected chi connectivity index (χ0v) is 11.9. The third kappa shape index (κ3) is 4.01. The Morgan fingerprint density at radius 1 is 1.53 bits per heavy atom. The molecule has 1 saturated heterocycles. The molecule has 2 nitrogen and oxygen atoms in total. The fraction of sp³-hybridized carbons (Fsp3) is 0.867. The quantitative estimate of drug-likeness (QED) is 0.583. The average molecular weight is 236 g/mol. The van der Waals surface area contributed by atoms with E-state index in [4.69, 9.17) is 6.42 Å². The number of piperazine rings is 1. The van der Waals surface area contributed by atoms with Crippen molar-refractivity contribution in [1.82, 2.24) is 10.2 Å². The first-order chi connectivity index (χ1) is 8.02. The van der Waals surface area contributed by atoms with Crippen molar-refractivity contribution in [3.05, 3.63) is 0 Å². The molecule has 0 aliphatic carbocycles. The van der Waals surface area contributed by atoms with Gasteiger partial charge in [-0.05, 0) is 32.2 Å². The molecule has 0 aromatic carbocycles. The minimum Gasteiger partial charge on any atom is -0.309 e. The summed E-state index contributed by atoms with van der Waals surface area (Å²) >= 11 is 0. The summed E-state index contributed by atoms with van der Waals surface area (Å²) in [6.07, 6.45) is 8.55. The van der Waals surface area contributed by atoms with Gasteiger partial charge in [0, 0.05) is 31.1 Å². The predicted molar refractivity (Wildman–Crippen MR) is 75.0 cm³/mol. The van der Waals surface area contributed by atoms with Crippen molar-refractivity contribution >= 4 is 0 Å². The highest BCUT2D eigenvalue weighted by Crippen LogP contribution is 2.22. The number of hydrogen-bond donors (Lipinski definition) is 1. The molecule has 1 fully saturated rings. The van der Waals surface area contributed by atoms with Crippen molar-refractivity contribution < 1.29 is 0 Å². The molecule has 2 atom stereocenters. The first-order valence-corrected chi connectivity index (χ1v) is 6.95. The van der Waals surface area contributed by atoms with Gasteiger partial charge in [0.25, 0.3) is 0 Å². The van der Waals surface area contributed by atoms with Crippen LogP contribution in [0.2, 0.25) is 0 Å². The van der Waals surface area contributed by atoms with E-state index in [2.05, 4.69) is 43.8 Å². The first kappa shape index (κ1) is 14.5. The van der Waals surface area contributed by atoms with E-state index in [1.165, 1.54) is 6.42 Å². The van der Waals surface area contributed by atoms with Crippen LogP contribution in [0.15, 0.2) is 0 Å². The normalized spacial score (nSPS) is 30.5. The highest BCUT2D eigenvalue weighted by molar-refractivity contribution is 4.95. The Labute approximate surface area is 107 Å². The third-order valence-electron chi connectivity index (χ3n) is 4.08. The molecular weight excluding hydrogens is 208 g/mol. The van der Waals surface area contributed by atoms with Gasteiger partial charge >= 0.3 is 0 Å². The number of unbranched alkanes of at least 4 members (excludes halogenated alkanes) is 1. The van der Waals surface area contributed by atoms with Gasteiger partial charge in [-0.2, -0.15) is 0 Å². The fourth-order valence-electron chi connectivity index (χ4n) is 2.62. The molecular formula is C15H28N2. The molecule has 1 heterocycles. The molecule has 1 rings (SSSR count). The summed E-state index contributed by atoms with van der Waals surface area (Å²) in [4.78, 5) is 2.64. The Morgan fingerprint density at radius 3 is 2.76 bits per heavy atom. The molecule has 2 unspecified atom stereocenters. The molecule has 0 spiro atoms. The number of terminal acetylenes is 1. The van der Waals surface area contributed by atoms with E-state index < -0.39 is 0 Å². The number of nitrogens with one attached hydrogen (secondary N) is 1. The molecule has 1 aliphatic rings. The second-order valence-electron chi connectivity index (χ2n) is 5.88. The summed E-state index contributed by atoms with van der Waals surface area (Å²) in [6.45, 7) is 12.6. The fourth-order valence-corrected chi connectivity index (χ4v) is 2.62. The largest absolute Gasteiger partial charge is 0.309 e. The van der Waals surface area contributed by atoms with Crippen molar-refractivity contribution in [2.75, 3.05) is 19.6 Å². The SMILES string of the molecule is C#CCCCN1CC(C)(CC)NCC1C(C)C.